The zero-order valence-electron chi connectivity index (χ0n) is 17.4. The smallest absolute Gasteiger partial charge is 0.243 e. The van der Waals surface area contributed by atoms with E-state index in [0.717, 1.165) is 45.4 Å². The minimum absolute atomic E-state index is 0. The Hall–Kier alpha value is -1.46. The average molecular weight is 534 g/mol. The summed E-state index contributed by atoms with van der Waals surface area (Å²) in [7, 11) is 1.71. The molecule has 1 atom stereocenters. The second kappa shape index (κ2) is 13.1. The van der Waals surface area contributed by atoms with Crippen molar-refractivity contribution in [3.63, 3.8) is 0 Å². The van der Waals surface area contributed by atoms with E-state index in [-0.39, 0.29) is 54.5 Å². The fourth-order valence-electron chi connectivity index (χ4n) is 3.65. The molecule has 2 aliphatic rings. The molecule has 1 amide bonds. The van der Waals surface area contributed by atoms with Crippen LogP contribution in [0, 0.1) is 5.82 Å². The normalized spacial score (nSPS) is 20.4. The van der Waals surface area contributed by atoms with Gasteiger partial charge in [0.15, 0.2) is 5.96 Å². The molecule has 0 aromatic heterocycles. The fraction of sp³-hybridized carbons (Fsp3) is 0.619. The van der Waals surface area contributed by atoms with E-state index in [0.29, 0.717) is 18.3 Å². The molecule has 168 valence electrons. The lowest BCUT2D eigenvalue weighted by molar-refractivity contribution is -0.115. The van der Waals surface area contributed by atoms with Gasteiger partial charge in [0.1, 0.15) is 5.82 Å². The minimum Gasteiger partial charge on any atom is -0.376 e. The Kier molecular flexibility index (Phi) is 10.8. The Balaban J connectivity index is 0.00000320. The van der Waals surface area contributed by atoms with Crippen molar-refractivity contribution in [3.8, 4) is 0 Å². The molecule has 30 heavy (non-hydrogen) atoms. The Morgan fingerprint density at radius 2 is 1.97 bits per heavy atom. The summed E-state index contributed by atoms with van der Waals surface area (Å²) in [6, 6.07) is 5.69. The Bertz CT molecular complexity index is 675. The van der Waals surface area contributed by atoms with Gasteiger partial charge in [0.2, 0.25) is 5.91 Å². The molecular formula is C21H32FIN4O3. The van der Waals surface area contributed by atoms with E-state index in [4.69, 9.17) is 9.47 Å². The maximum Gasteiger partial charge on any atom is 0.243 e. The van der Waals surface area contributed by atoms with E-state index in [9.17, 15) is 9.18 Å². The van der Waals surface area contributed by atoms with Gasteiger partial charge in [0.05, 0.1) is 25.4 Å². The summed E-state index contributed by atoms with van der Waals surface area (Å²) in [5.41, 5.74) is 0.563. The number of halogens is 2. The predicted molar refractivity (Wildman–Crippen MR) is 126 cm³/mol. The fourth-order valence-corrected chi connectivity index (χ4v) is 3.65. The number of guanidine groups is 1. The van der Waals surface area contributed by atoms with E-state index >= 15 is 0 Å². The number of likely N-dealkylation sites (tertiary alicyclic amines) is 1. The number of hydrogen-bond donors (Lipinski definition) is 2. The van der Waals surface area contributed by atoms with Gasteiger partial charge in [0, 0.05) is 32.4 Å². The zero-order chi connectivity index (χ0) is 20.5. The first-order valence-corrected chi connectivity index (χ1v) is 10.4. The molecule has 7 nitrogen and oxygen atoms in total. The Labute approximate surface area is 194 Å². The summed E-state index contributed by atoms with van der Waals surface area (Å²) in [4.78, 5) is 18.5. The van der Waals surface area contributed by atoms with Gasteiger partial charge in [-0.05, 0) is 56.4 Å². The molecule has 2 aliphatic heterocycles. The lowest BCUT2D eigenvalue weighted by Crippen LogP contribution is -2.48. The third kappa shape index (κ3) is 7.99. The molecule has 0 aliphatic carbocycles. The van der Waals surface area contributed by atoms with Gasteiger partial charge in [-0.25, -0.2) is 4.39 Å². The summed E-state index contributed by atoms with van der Waals surface area (Å²) >= 11 is 0. The van der Waals surface area contributed by atoms with E-state index < -0.39 is 0 Å². The van der Waals surface area contributed by atoms with Gasteiger partial charge in [-0.3, -0.25) is 9.79 Å². The van der Waals surface area contributed by atoms with Gasteiger partial charge in [-0.1, -0.05) is 0 Å². The summed E-state index contributed by atoms with van der Waals surface area (Å²) < 4.78 is 24.7. The van der Waals surface area contributed by atoms with Gasteiger partial charge >= 0.3 is 0 Å². The van der Waals surface area contributed by atoms with Crippen molar-refractivity contribution >= 4 is 41.5 Å². The number of carbonyl (C=O) groups excluding carboxylic acids is 1. The zero-order valence-corrected chi connectivity index (χ0v) is 19.8. The highest BCUT2D eigenvalue weighted by Gasteiger charge is 2.24. The molecule has 0 spiro atoms. The minimum atomic E-state index is -0.333. The lowest BCUT2D eigenvalue weighted by atomic mass is 10.1. The maximum atomic E-state index is 12.9. The van der Waals surface area contributed by atoms with Crippen LogP contribution in [0.4, 0.5) is 10.1 Å². The van der Waals surface area contributed by atoms with Crippen molar-refractivity contribution in [1.82, 2.24) is 10.2 Å². The SMILES string of the molecule is CN=C(NCC(=O)Nc1ccc(F)cc1)N1CCC(OCC2CCCCO2)CC1.I. The second-order valence-corrected chi connectivity index (χ2v) is 7.46. The van der Waals surface area contributed by atoms with Crippen LogP contribution in [0.25, 0.3) is 0 Å². The van der Waals surface area contributed by atoms with Crippen LogP contribution in [0.2, 0.25) is 0 Å². The average Bonchev–Trinajstić information content (AvgIpc) is 2.76. The highest BCUT2D eigenvalue weighted by Crippen LogP contribution is 2.18. The van der Waals surface area contributed by atoms with E-state index in [1.807, 2.05) is 0 Å². The lowest BCUT2D eigenvalue weighted by Gasteiger charge is -2.35. The molecule has 2 saturated heterocycles. The summed E-state index contributed by atoms with van der Waals surface area (Å²) in [6.45, 7) is 3.29. The number of nitrogens with one attached hydrogen (secondary N) is 2. The molecule has 1 aromatic rings. The van der Waals surface area contributed by atoms with Crippen LogP contribution in [0.15, 0.2) is 29.3 Å². The van der Waals surface area contributed by atoms with Gasteiger partial charge in [0.25, 0.3) is 0 Å². The van der Waals surface area contributed by atoms with Crippen LogP contribution < -0.4 is 10.6 Å². The molecule has 1 unspecified atom stereocenters. The molecule has 2 fully saturated rings. The van der Waals surface area contributed by atoms with Crippen molar-refractivity contribution in [3.05, 3.63) is 30.1 Å². The molecule has 0 saturated carbocycles. The van der Waals surface area contributed by atoms with Crippen molar-refractivity contribution in [1.29, 1.82) is 0 Å². The standard InChI is InChI=1S/C21H31FN4O3.HI/c1-23-21(24-14-20(27)25-17-7-5-16(22)6-8-17)26-11-9-18(10-12-26)29-15-19-4-2-3-13-28-19;/h5-8,18-19H,2-4,9-15H2,1H3,(H,23,24)(H,25,27);1H. The van der Waals surface area contributed by atoms with Crippen LogP contribution in [0.3, 0.4) is 0 Å². The third-order valence-electron chi connectivity index (χ3n) is 5.28. The van der Waals surface area contributed by atoms with Crippen LogP contribution in [-0.2, 0) is 14.3 Å². The monoisotopic (exact) mass is 534 g/mol. The summed E-state index contributed by atoms with van der Waals surface area (Å²) in [5.74, 6) is 0.164. The van der Waals surface area contributed by atoms with Crippen molar-refractivity contribution in [2.24, 2.45) is 4.99 Å². The molecule has 2 heterocycles. The molecule has 0 bridgehead atoms. The molecule has 2 N–H and O–H groups in total. The van der Waals surface area contributed by atoms with E-state index in [1.165, 1.54) is 30.7 Å². The first-order valence-electron chi connectivity index (χ1n) is 10.4. The van der Waals surface area contributed by atoms with Crippen LogP contribution >= 0.6 is 24.0 Å². The second-order valence-electron chi connectivity index (χ2n) is 7.46. The number of anilines is 1. The summed E-state index contributed by atoms with van der Waals surface area (Å²) in [6.07, 6.45) is 5.82. The van der Waals surface area contributed by atoms with Crippen molar-refractivity contribution in [2.75, 3.05) is 45.2 Å². The Morgan fingerprint density at radius 1 is 1.23 bits per heavy atom. The third-order valence-corrected chi connectivity index (χ3v) is 5.28. The molecule has 3 rings (SSSR count). The van der Waals surface area contributed by atoms with Crippen LogP contribution in [0.1, 0.15) is 32.1 Å². The topological polar surface area (TPSA) is 75.2 Å². The van der Waals surface area contributed by atoms with Crippen LogP contribution in [-0.4, -0.2) is 68.9 Å². The van der Waals surface area contributed by atoms with E-state index in [2.05, 4.69) is 20.5 Å². The number of nitrogens with zero attached hydrogens (tertiary/aromatic N) is 2. The van der Waals surface area contributed by atoms with Gasteiger partial charge < -0.3 is 25.0 Å². The number of rotatable bonds is 6. The van der Waals surface area contributed by atoms with Crippen molar-refractivity contribution < 1.29 is 18.7 Å². The number of carbonyl (C=O) groups is 1. The number of aliphatic imine (C=N–C) groups is 1. The number of ether oxygens (including phenoxy) is 2. The predicted octanol–water partition coefficient (Wildman–Crippen LogP) is 3.01. The van der Waals surface area contributed by atoms with E-state index in [1.54, 1.807) is 7.05 Å². The van der Waals surface area contributed by atoms with Crippen LogP contribution in [0.5, 0.6) is 0 Å². The number of piperidine rings is 1. The van der Waals surface area contributed by atoms with Gasteiger partial charge in [-0.15, -0.1) is 24.0 Å². The quantitative estimate of drug-likeness (QED) is 0.334. The Morgan fingerprint density at radius 3 is 2.60 bits per heavy atom. The highest BCUT2D eigenvalue weighted by molar-refractivity contribution is 14.0. The first kappa shape index (κ1) is 24.8. The van der Waals surface area contributed by atoms with Crippen molar-refractivity contribution in [2.45, 2.75) is 44.3 Å². The number of amides is 1. The molecule has 1 aromatic carbocycles. The largest absolute Gasteiger partial charge is 0.376 e. The molecule has 0 radical (unpaired) electrons. The number of benzene rings is 1. The highest BCUT2D eigenvalue weighted by atomic mass is 127. The maximum absolute atomic E-state index is 12.9. The molecular weight excluding hydrogens is 502 g/mol. The first-order chi connectivity index (χ1) is 14.1. The number of hydrogen-bond acceptors (Lipinski definition) is 4. The van der Waals surface area contributed by atoms with Gasteiger partial charge in [-0.2, -0.15) is 0 Å². The molecule has 9 heteroatoms. The summed E-state index contributed by atoms with van der Waals surface area (Å²) in [5, 5.41) is 5.83.